The first kappa shape index (κ1) is 34.8. The van der Waals surface area contributed by atoms with Crippen molar-refractivity contribution in [3.8, 4) is 23.0 Å². The van der Waals surface area contributed by atoms with E-state index in [4.69, 9.17) is 18.9 Å². The molecule has 0 amide bonds. The maximum Gasteiger partial charge on any atom is 0.203 e. The number of dihydropyridines is 2. The second kappa shape index (κ2) is 17.0. The number of nitrogens with zero attached hydrogens (tertiary/aromatic N) is 1. The molecule has 0 aliphatic carbocycles. The average Bonchev–Trinajstić information content (AvgIpc) is 3.11. The highest BCUT2D eigenvalue weighted by Crippen LogP contribution is 2.40. The molecule has 0 saturated carbocycles. The zero-order valence-electron chi connectivity index (χ0n) is 28.9. The van der Waals surface area contributed by atoms with Crippen LogP contribution in [-0.2, 0) is 6.42 Å². The number of nitrogens with one attached hydrogen (secondary N) is 3. The first-order valence-corrected chi connectivity index (χ1v) is 18.0. The van der Waals surface area contributed by atoms with Gasteiger partial charge in [0, 0.05) is 13.1 Å². The summed E-state index contributed by atoms with van der Waals surface area (Å²) in [5.41, 5.74) is 6.35. The van der Waals surface area contributed by atoms with Crippen LogP contribution in [0.1, 0.15) is 55.0 Å². The van der Waals surface area contributed by atoms with Crippen LogP contribution in [0, 0.1) is 5.92 Å². The lowest BCUT2D eigenvalue weighted by atomic mass is 9.95. The summed E-state index contributed by atoms with van der Waals surface area (Å²) >= 11 is 1.77. The number of likely N-dealkylation sites (tertiary alicyclic amines) is 1. The molecule has 3 aliphatic heterocycles. The molecule has 47 heavy (non-hydrogen) atoms. The highest BCUT2D eigenvalue weighted by molar-refractivity contribution is 7.98. The van der Waals surface area contributed by atoms with Crippen LogP contribution < -0.4 is 34.9 Å². The summed E-state index contributed by atoms with van der Waals surface area (Å²) in [6, 6.07) is 8.77. The van der Waals surface area contributed by atoms with Crippen molar-refractivity contribution in [3.05, 3.63) is 88.8 Å². The molecule has 2 atom stereocenters. The molecule has 3 heterocycles. The Balaban J connectivity index is 1.11. The zero-order valence-corrected chi connectivity index (χ0v) is 29.7. The Labute approximate surface area is 285 Å². The number of rotatable bonds is 15. The van der Waals surface area contributed by atoms with Gasteiger partial charge in [0.25, 0.3) is 0 Å². The van der Waals surface area contributed by atoms with Gasteiger partial charge in [-0.3, -0.25) is 4.90 Å². The summed E-state index contributed by atoms with van der Waals surface area (Å²) in [6.07, 6.45) is 19.9. The molecule has 0 aromatic heterocycles. The van der Waals surface area contributed by atoms with E-state index in [0.29, 0.717) is 23.2 Å². The lowest BCUT2D eigenvalue weighted by molar-refractivity contribution is 0.196. The smallest absolute Gasteiger partial charge is 0.203 e. The van der Waals surface area contributed by atoms with E-state index in [9.17, 15) is 0 Å². The fourth-order valence-corrected chi connectivity index (χ4v) is 7.54. The minimum absolute atomic E-state index is 0.0295. The van der Waals surface area contributed by atoms with E-state index < -0.39 is 0 Å². The minimum atomic E-state index is 0.0295. The maximum atomic E-state index is 5.80. The number of methoxy groups -OCH3 is 4. The van der Waals surface area contributed by atoms with Gasteiger partial charge in [0.15, 0.2) is 11.5 Å². The molecule has 3 N–H and O–H groups in total. The molecule has 5 rings (SSSR count). The van der Waals surface area contributed by atoms with Gasteiger partial charge in [0.2, 0.25) is 5.75 Å². The van der Waals surface area contributed by atoms with Gasteiger partial charge in [-0.1, -0.05) is 31.6 Å². The molecule has 3 aliphatic rings. The van der Waals surface area contributed by atoms with E-state index in [1.54, 1.807) is 40.2 Å². The molecular weight excluding hydrogens is 609 g/mol. The van der Waals surface area contributed by atoms with Crippen molar-refractivity contribution < 1.29 is 18.9 Å². The molecule has 2 aromatic rings. The fraction of sp³-hybridized carbons (Fsp3) is 0.474. The average molecular weight is 661 g/mol. The third kappa shape index (κ3) is 8.69. The Kier molecular flexibility index (Phi) is 12.6. The SMILES string of the molecule is CCCc1cc(C2C=C(CN3CCC(CNCC4=CC(c5cc(OC)c(OC)c(OC)c5)NC=C4)CC3)C=CN2)cc(OC)c1SC. The van der Waals surface area contributed by atoms with E-state index in [1.165, 1.54) is 40.0 Å². The number of hydrogen-bond donors (Lipinski definition) is 3. The van der Waals surface area contributed by atoms with Crippen molar-refractivity contribution in [2.45, 2.75) is 49.6 Å². The van der Waals surface area contributed by atoms with Gasteiger partial charge in [0.05, 0.1) is 45.4 Å². The standard InChI is InChI=1S/C38H52N4O4S/c1-7-8-29-19-30(22-36(45-4)38(29)47-6)33-18-28(10-14-41-33)25-42-15-11-26(12-16-42)23-39-24-27-9-13-40-32(17-27)31-20-34(43-2)37(46-5)35(21-31)44-3/h9-10,13-14,17-22,26,32-33,39-41H,7-8,11-12,15-16,23-25H2,1-6H3. The van der Waals surface area contributed by atoms with Gasteiger partial charge in [-0.15, -0.1) is 11.8 Å². The van der Waals surface area contributed by atoms with E-state index >= 15 is 0 Å². The second-order valence-corrected chi connectivity index (χ2v) is 13.2. The second-order valence-electron chi connectivity index (χ2n) is 12.4. The predicted molar refractivity (Wildman–Crippen MR) is 193 cm³/mol. The lowest BCUT2D eigenvalue weighted by Crippen LogP contribution is -2.38. The normalized spacial score (nSPS) is 19.8. The van der Waals surface area contributed by atoms with Crippen molar-refractivity contribution in [2.75, 3.05) is 67.4 Å². The van der Waals surface area contributed by atoms with E-state index in [2.05, 4.69) is 76.7 Å². The van der Waals surface area contributed by atoms with Crippen LogP contribution in [0.5, 0.6) is 23.0 Å². The molecule has 9 heteroatoms. The van der Waals surface area contributed by atoms with Crippen molar-refractivity contribution >= 4 is 11.8 Å². The molecular formula is C38H52N4O4S. The fourth-order valence-electron chi connectivity index (χ4n) is 6.77. The highest BCUT2D eigenvalue weighted by atomic mass is 32.2. The molecule has 1 fully saturated rings. The zero-order chi connectivity index (χ0) is 33.2. The van der Waals surface area contributed by atoms with E-state index in [0.717, 1.165) is 56.9 Å². The Bertz CT molecular complexity index is 1450. The molecule has 0 spiro atoms. The number of piperidine rings is 1. The van der Waals surface area contributed by atoms with Gasteiger partial charge in [-0.2, -0.15) is 0 Å². The Morgan fingerprint density at radius 2 is 1.40 bits per heavy atom. The minimum Gasteiger partial charge on any atom is -0.496 e. The van der Waals surface area contributed by atoms with Gasteiger partial charge in [-0.05, 0) is 122 Å². The van der Waals surface area contributed by atoms with Crippen LogP contribution in [0.3, 0.4) is 0 Å². The van der Waals surface area contributed by atoms with Crippen LogP contribution in [-0.4, -0.2) is 72.3 Å². The monoisotopic (exact) mass is 660 g/mol. The molecule has 2 aromatic carbocycles. The summed E-state index contributed by atoms with van der Waals surface area (Å²) < 4.78 is 22.4. The van der Waals surface area contributed by atoms with Crippen LogP contribution in [0.2, 0.25) is 0 Å². The highest BCUT2D eigenvalue weighted by Gasteiger charge is 2.23. The summed E-state index contributed by atoms with van der Waals surface area (Å²) in [6.45, 7) is 7.35. The van der Waals surface area contributed by atoms with Gasteiger partial charge >= 0.3 is 0 Å². The van der Waals surface area contributed by atoms with E-state index in [-0.39, 0.29) is 12.1 Å². The summed E-state index contributed by atoms with van der Waals surface area (Å²) in [4.78, 5) is 3.87. The molecule has 0 bridgehead atoms. The van der Waals surface area contributed by atoms with Crippen molar-refractivity contribution in [1.29, 1.82) is 0 Å². The summed E-state index contributed by atoms with van der Waals surface area (Å²) in [5, 5.41) is 10.8. The predicted octanol–water partition coefficient (Wildman–Crippen LogP) is 6.57. The number of hydrogen-bond acceptors (Lipinski definition) is 9. The van der Waals surface area contributed by atoms with Crippen molar-refractivity contribution in [1.82, 2.24) is 20.9 Å². The van der Waals surface area contributed by atoms with Crippen LogP contribution in [0.4, 0.5) is 0 Å². The van der Waals surface area contributed by atoms with Crippen molar-refractivity contribution in [3.63, 3.8) is 0 Å². The molecule has 2 unspecified atom stereocenters. The summed E-state index contributed by atoms with van der Waals surface area (Å²) in [5.74, 6) is 3.59. The number of ether oxygens (including phenoxy) is 4. The molecule has 1 saturated heterocycles. The Morgan fingerprint density at radius 3 is 2.00 bits per heavy atom. The molecule has 254 valence electrons. The third-order valence-electron chi connectivity index (χ3n) is 9.29. The van der Waals surface area contributed by atoms with Gasteiger partial charge in [0.1, 0.15) is 5.75 Å². The first-order chi connectivity index (χ1) is 23.0. The topological polar surface area (TPSA) is 76.3 Å². The van der Waals surface area contributed by atoms with Gasteiger partial charge < -0.3 is 34.9 Å². The summed E-state index contributed by atoms with van der Waals surface area (Å²) in [7, 11) is 6.70. The van der Waals surface area contributed by atoms with Crippen LogP contribution >= 0.6 is 11.8 Å². The van der Waals surface area contributed by atoms with Crippen LogP contribution in [0.25, 0.3) is 0 Å². The Hall–Kier alpha value is -3.53. The molecule has 0 radical (unpaired) electrons. The first-order valence-electron chi connectivity index (χ1n) is 16.7. The quantitative estimate of drug-likeness (QED) is 0.184. The van der Waals surface area contributed by atoms with Crippen LogP contribution in [0.15, 0.2) is 77.0 Å². The maximum absolute atomic E-state index is 5.80. The number of aryl methyl sites for hydroxylation is 1. The largest absolute Gasteiger partial charge is 0.496 e. The van der Waals surface area contributed by atoms with Gasteiger partial charge in [-0.25, -0.2) is 0 Å². The third-order valence-corrected chi connectivity index (χ3v) is 10.2. The number of thioether (sulfide) groups is 1. The van der Waals surface area contributed by atoms with E-state index in [1.807, 2.05) is 18.3 Å². The molecule has 8 nitrogen and oxygen atoms in total. The van der Waals surface area contributed by atoms with Crippen molar-refractivity contribution in [2.24, 2.45) is 5.92 Å². The Morgan fingerprint density at radius 1 is 0.809 bits per heavy atom. The number of benzene rings is 2. The lowest BCUT2D eigenvalue weighted by Gasteiger charge is -2.33.